The standard InChI is InChI=1S/C16H21N3O3S/c1-11-8-19(9-16(2,3)22-11)15-13-7-12(23(4,20)21)5-6-14(13)17-10-18-15/h5-7,10-11H,8-9H2,1-4H3. The molecule has 0 radical (unpaired) electrons. The summed E-state index contributed by atoms with van der Waals surface area (Å²) in [7, 11) is -3.27. The monoisotopic (exact) mass is 335 g/mol. The maximum absolute atomic E-state index is 11.8. The van der Waals surface area contributed by atoms with E-state index in [1.54, 1.807) is 18.2 Å². The molecule has 6 nitrogen and oxygen atoms in total. The van der Waals surface area contributed by atoms with Crippen molar-refractivity contribution in [3.8, 4) is 0 Å². The van der Waals surface area contributed by atoms with Gasteiger partial charge in [-0.05, 0) is 39.0 Å². The molecule has 3 rings (SSSR count). The van der Waals surface area contributed by atoms with Crippen LogP contribution < -0.4 is 4.90 Å². The number of fused-ring (bicyclic) bond motifs is 1. The zero-order valence-corrected chi connectivity index (χ0v) is 14.6. The van der Waals surface area contributed by atoms with Gasteiger partial charge in [-0.15, -0.1) is 0 Å². The molecule has 0 aliphatic carbocycles. The lowest BCUT2D eigenvalue weighted by Gasteiger charge is -2.42. The minimum atomic E-state index is -3.27. The normalized spacial score (nSPS) is 21.6. The molecule has 1 aliphatic rings. The van der Waals surface area contributed by atoms with Crippen LogP contribution in [0.25, 0.3) is 10.9 Å². The van der Waals surface area contributed by atoms with Crippen molar-refractivity contribution in [1.82, 2.24) is 9.97 Å². The van der Waals surface area contributed by atoms with Crippen LogP contribution in [0.1, 0.15) is 20.8 Å². The highest BCUT2D eigenvalue weighted by Gasteiger charge is 2.32. The van der Waals surface area contributed by atoms with Crippen molar-refractivity contribution in [2.75, 3.05) is 24.2 Å². The molecule has 1 saturated heterocycles. The number of benzene rings is 1. The van der Waals surface area contributed by atoms with E-state index in [0.29, 0.717) is 13.1 Å². The lowest BCUT2D eigenvalue weighted by molar-refractivity contribution is -0.0751. The van der Waals surface area contributed by atoms with Gasteiger partial charge in [0.15, 0.2) is 9.84 Å². The maximum Gasteiger partial charge on any atom is 0.175 e. The zero-order chi connectivity index (χ0) is 16.8. The highest BCUT2D eigenvalue weighted by molar-refractivity contribution is 7.90. The first-order valence-corrected chi connectivity index (χ1v) is 9.42. The molecular weight excluding hydrogens is 314 g/mol. The highest BCUT2D eigenvalue weighted by atomic mass is 32.2. The first kappa shape index (κ1) is 16.1. The van der Waals surface area contributed by atoms with Crippen LogP contribution in [-0.4, -0.2) is 49.4 Å². The van der Waals surface area contributed by atoms with Crippen LogP contribution in [0.5, 0.6) is 0 Å². The average molecular weight is 335 g/mol. The lowest BCUT2D eigenvalue weighted by atomic mass is 10.0. The Morgan fingerprint density at radius 2 is 2.04 bits per heavy atom. The van der Waals surface area contributed by atoms with Gasteiger partial charge in [0, 0.05) is 24.7 Å². The summed E-state index contributed by atoms with van der Waals surface area (Å²) in [5, 5.41) is 0.750. The number of hydrogen-bond donors (Lipinski definition) is 0. The van der Waals surface area contributed by atoms with Gasteiger partial charge in [0.2, 0.25) is 0 Å². The van der Waals surface area contributed by atoms with Crippen LogP contribution >= 0.6 is 0 Å². The van der Waals surface area contributed by atoms with Crippen LogP contribution in [-0.2, 0) is 14.6 Å². The van der Waals surface area contributed by atoms with Crippen molar-refractivity contribution >= 4 is 26.6 Å². The van der Waals surface area contributed by atoms with E-state index in [4.69, 9.17) is 4.74 Å². The Bertz CT molecular complexity index is 849. The Morgan fingerprint density at radius 3 is 2.70 bits per heavy atom. The largest absolute Gasteiger partial charge is 0.369 e. The Kier molecular flexibility index (Phi) is 3.80. The summed E-state index contributed by atoms with van der Waals surface area (Å²) in [6.07, 6.45) is 2.80. The highest BCUT2D eigenvalue weighted by Crippen LogP contribution is 2.30. The Balaban J connectivity index is 2.13. The fourth-order valence-corrected chi connectivity index (χ4v) is 3.77. The Morgan fingerprint density at radius 1 is 1.30 bits per heavy atom. The second-order valence-corrected chi connectivity index (χ2v) is 8.73. The molecule has 1 fully saturated rings. The van der Waals surface area contributed by atoms with E-state index in [-0.39, 0.29) is 16.6 Å². The minimum absolute atomic E-state index is 0.0712. The Labute approximate surface area is 136 Å². The van der Waals surface area contributed by atoms with Gasteiger partial charge in [-0.1, -0.05) is 0 Å². The van der Waals surface area contributed by atoms with E-state index < -0.39 is 9.84 Å². The molecule has 0 amide bonds. The van der Waals surface area contributed by atoms with Crippen molar-refractivity contribution < 1.29 is 13.2 Å². The molecule has 1 aliphatic heterocycles. The number of sulfone groups is 1. The SMILES string of the molecule is CC1CN(c2ncnc3ccc(S(C)(=O)=O)cc23)CC(C)(C)O1. The fraction of sp³-hybridized carbons (Fsp3) is 0.500. The smallest absolute Gasteiger partial charge is 0.175 e. The van der Waals surface area contributed by atoms with E-state index in [2.05, 4.69) is 14.9 Å². The zero-order valence-electron chi connectivity index (χ0n) is 13.8. The summed E-state index contributed by atoms with van der Waals surface area (Å²) in [6.45, 7) is 7.51. The molecule has 7 heteroatoms. The predicted octanol–water partition coefficient (Wildman–Crippen LogP) is 2.04. The van der Waals surface area contributed by atoms with Gasteiger partial charge in [-0.2, -0.15) is 0 Å². The molecule has 124 valence electrons. The molecule has 0 N–H and O–H groups in total. The number of morpholine rings is 1. The number of hydrogen-bond acceptors (Lipinski definition) is 6. The second kappa shape index (κ2) is 5.42. The molecule has 1 aromatic heterocycles. The number of nitrogens with zero attached hydrogens (tertiary/aromatic N) is 3. The van der Waals surface area contributed by atoms with Gasteiger partial charge in [0.05, 0.1) is 22.1 Å². The first-order valence-electron chi connectivity index (χ1n) is 7.53. The van der Waals surface area contributed by atoms with Crippen molar-refractivity contribution in [1.29, 1.82) is 0 Å². The van der Waals surface area contributed by atoms with Gasteiger partial charge in [0.1, 0.15) is 12.1 Å². The number of ether oxygens (including phenoxy) is 1. The third kappa shape index (κ3) is 3.30. The van der Waals surface area contributed by atoms with Crippen molar-refractivity contribution in [2.45, 2.75) is 37.4 Å². The van der Waals surface area contributed by atoms with Crippen molar-refractivity contribution in [2.24, 2.45) is 0 Å². The predicted molar refractivity (Wildman–Crippen MR) is 89.5 cm³/mol. The van der Waals surface area contributed by atoms with E-state index >= 15 is 0 Å². The topological polar surface area (TPSA) is 72.4 Å². The molecular formula is C16H21N3O3S. The quantitative estimate of drug-likeness (QED) is 0.836. The van der Waals surface area contributed by atoms with E-state index in [9.17, 15) is 8.42 Å². The molecule has 0 saturated carbocycles. The van der Waals surface area contributed by atoms with Crippen LogP contribution in [0.4, 0.5) is 5.82 Å². The summed E-state index contributed by atoms with van der Waals surface area (Å²) < 4.78 is 29.6. The number of aromatic nitrogens is 2. The van der Waals surface area contributed by atoms with Crippen LogP contribution in [0.15, 0.2) is 29.4 Å². The minimum Gasteiger partial charge on any atom is -0.369 e. The first-order chi connectivity index (χ1) is 10.7. The molecule has 0 spiro atoms. The third-order valence-electron chi connectivity index (χ3n) is 3.88. The van der Waals surface area contributed by atoms with Gasteiger partial charge in [-0.3, -0.25) is 0 Å². The Hall–Kier alpha value is -1.73. The van der Waals surface area contributed by atoms with E-state index in [1.165, 1.54) is 12.6 Å². The average Bonchev–Trinajstić information content (AvgIpc) is 2.43. The van der Waals surface area contributed by atoms with Gasteiger partial charge in [-0.25, -0.2) is 18.4 Å². The number of anilines is 1. The molecule has 1 unspecified atom stereocenters. The van der Waals surface area contributed by atoms with Crippen LogP contribution in [0.2, 0.25) is 0 Å². The molecule has 2 aromatic rings. The van der Waals surface area contributed by atoms with Gasteiger partial charge in [0.25, 0.3) is 0 Å². The summed E-state index contributed by atoms with van der Waals surface area (Å²) in [5.74, 6) is 0.753. The van der Waals surface area contributed by atoms with E-state index in [0.717, 1.165) is 16.7 Å². The molecule has 1 aromatic carbocycles. The molecule has 1 atom stereocenters. The van der Waals surface area contributed by atoms with E-state index in [1.807, 2.05) is 20.8 Å². The third-order valence-corrected chi connectivity index (χ3v) is 4.99. The molecule has 23 heavy (non-hydrogen) atoms. The lowest BCUT2D eigenvalue weighted by Crippen LogP contribution is -2.52. The summed E-state index contributed by atoms with van der Waals surface area (Å²) >= 11 is 0. The van der Waals surface area contributed by atoms with Crippen molar-refractivity contribution in [3.05, 3.63) is 24.5 Å². The fourth-order valence-electron chi connectivity index (χ4n) is 3.12. The summed E-state index contributed by atoms with van der Waals surface area (Å²) in [4.78, 5) is 11.1. The van der Waals surface area contributed by atoms with Gasteiger partial charge >= 0.3 is 0 Å². The van der Waals surface area contributed by atoms with Crippen LogP contribution in [0.3, 0.4) is 0 Å². The van der Waals surface area contributed by atoms with Crippen molar-refractivity contribution in [3.63, 3.8) is 0 Å². The molecule has 2 heterocycles. The van der Waals surface area contributed by atoms with Gasteiger partial charge < -0.3 is 9.64 Å². The van der Waals surface area contributed by atoms with Crippen LogP contribution in [0, 0.1) is 0 Å². The second-order valence-electron chi connectivity index (χ2n) is 6.72. The number of rotatable bonds is 2. The summed E-state index contributed by atoms with van der Waals surface area (Å²) in [5.41, 5.74) is 0.447. The summed E-state index contributed by atoms with van der Waals surface area (Å²) in [6, 6.07) is 4.97. The molecule has 0 bridgehead atoms. The maximum atomic E-state index is 11.8.